The molecule has 106 valence electrons. The van der Waals surface area contributed by atoms with E-state index in [4.69, 9.17) is 22.1 Å². The van der Waals surface area contributed by atoms with Crippen molar-refractivity contribution in [3.05, 3.63) is 21.3 Å². The maximum absolute atomic E-state index is 6.46. The summed E-state index contributed by atoms with van der Waals surface area (Å²) in [6, 6.07) is 4.15. The lowest BCUT2D eigenvalue weighted by atomic mass is 9.78. The molecular formula is C14H20ClNOS2. The van der Waals surface area contributed by atoms with Gasteiger partial charge >= 0.3 is 0 Å². The summed E-state index contributed by atoms with van der Waals surface area (Å²) in [4.78, 5) is 1.22. The maximum Gasteiger partial charge on any atom is 0.0931 e. The summed E-state index contributed by atoms with van der Waals surface area (Å²) in [6.45, 7) is 0.863. The van der Waals surface area contributed by atoms with Crippen molar-refractivity contribution in [2.45, 2.75) is 37.3 Å². The predicted molar refractivity (Wildman–Crippen MR) is 84.2 cm³/mol. The Bertz CT molecular complexity index is 425. The first-order chi connectivity index (χ1) is 9.19. The molecular weight excluding hydrogens is 298 g/mol. The highest BCUT2D eigenvalue weighted by atomic mass is 35.5. The normalized spacial score (nSPS) is 28.4. The number of ether oxygens (including phenoxy) is 1. The average Bonchev–Trinajstić information content (AvgIpc) is 2.85. The summed E-state index contributed by atoms with van der Waals surface area (Å²) >= 11 is 9.69. The first kappa shape index (κ1) is 14.2. The minimum absolute atomic E-state index is 0.118. The standard InChI is InChI=1S/C14H20ClNOS2/c15-12-2-1-11(19-12)13(16)10-3-6-17-14(9-10)4-7-18-8-5-14/h1-2,10,13H,3-9,16H2. The smallest absolute Gasteiger partial charge is 0.0931 e. The highest BCUT2D eigenvalue weighted by Gasteiger charge is 2.40. The molecule has 5 heteroatoms. The van der Waals surface area contributed by atoms with Crippen LogP contribution < -0.4 is 5.73 Å². The van der Waals surface area contributed by atoms with Gasteiger partial charge in [0.1, 0.15) is 0 Å². The van der Waals surface area contributed by atoms with E-state index in [-0.39, 0.29) is 11.6 Å². The Labute approximate surface area is 128 Å². The van der Waals surface area contributed by atoms with Crippen LogP contribution in [0.4, 0.5) is 0 Å². The average molecular weight is 318 g/mol. The van der Waals surface area contributed by atoms with E-state index in [0.29, 0.717) is 5.92 Å². The second kappa shape index (κ2) is 5.94. The van der Waals surface area contributed by atoms with Crippen molar-refractivity contribution in [2.24, 2.45) is 11.7 Å². The fraction of sp³-hybridized carbons (Fsp3) is 0.714. The van der Waals surface area contributed by atoms with Crippen molar-refractivity contribution >= 4 is 34.7 Å². The van der Waals surface area contributed by atoms with Crippen molar-refractivity contribution in [3.8, 4) is 0 Å². The molecule has 3 rings (SSSR count). The summed E-state index contributed by atoms with van der Waals surface area (Å²) in [6.07, 6.45) is 4.56. The largest absolute Gasteiger partial charge is 0.375 e. The molecule has 3 heterocycles. The van der Waals surface area contributed by atoms with E-state index in [2.05, 4.69) is 6.07 Å². The molecule has 0 radical (unpaired) electrons. The minimum Gasteiger partial charge on any atom is -0.375 e. The predicted octanol–water partition coefficient (Wildman–Crippen LogP) is 4.09. The van der Waals surface area contributed by atoms with Crippen LogP contribution in [0.2, 0.25) is 4.34 Å². The van der Waals surface area contributed by atoms with Crippen LogP contribution in [0.1, 0.15) is 36.6 Å². The van der Waals surface area contributed by atoms with E-state index in [1.165, 1.54) is 29.2 Å². The Kier molecular flexibility index (Phi) is 4.44. The van der Waals surface area contributed by atoms with E-state index in [1.807, 2.05) is 17.8 Å². The van der Waals surface area contributed by atoms with Gasteiger partial charge in [-0.3, -0.25) is 0 Å². The molecule has 2 aliphatic rings. The molecule has 2 nitrogen and oxygen atoms in total. The second-order valence-electron chi connectivity index (χ2n) is 5.56. The number of thioether (sulfide) groups is 1. The fourth-order valence-corrected chi connectivity index (χ4v) is 5.60. The molecule has 0 aliphatic carbocycles. The highest BCUT2D eigenvalue weighted by Crippen LogP contribution is 2.43. The number of rotatable bonds is 2. The number of thiophene rings is 1. The van der Waals surface area contributed by atoms with Crippen molar-refractivity contribution in [1.82, 2.24) is 0 Å². The van der Waals surface area contributed by atoms with E-state index >= 15 is 0 Å². The lowest BCUT2D eigenvalue weighted by Gasteiger charge is -2.44. The van der Waals surface area contributed by atoms with Crippen molar-refractivity contribution in [1.29, 1.82) is 0 Å². The molecule has 2 aliphatic heterocycles. The van der Waals surface area contributed by atoms with Gasteiger partial charge < -0.3 is 10.5 Å². The third-order valence-electron chi connectivity index (χ3n) is 4.37. The minimum atomic E-state index is 0.118. The molecule has 0 saturated carbocycles. The quantitative estimate of drug-likeness (QED) is 0.892. The molecule has 2 saturated heterocycles. The first-order valence-electron chi connectivity index (χ1n) is 6.91. The van der Waals surface area contributed by atoms with Crippen molar-refractivity contribution < 1.29 is 4.74 Å². The van der Waals surface area contributed by atoms with Gasteiger partial charge in [-0.15, -0.1) is 11.3 Å². The van der Waals surface area contributed by atoms with Crippen LogP contribution >= 0.6 is 34.7 Å². The van der Waals surface area contributed by atoms with Crippen LogP contribution in [0.15, 0.2) is 12.1 Å². The van der Waals surface area contributed by atoms with Crippen LogP contribution in [0, 0.1) is 5.92 Å². The third kappa shape index (κ3) is 3.13. The van der Waals surface area contributed by atoms with E-state index in [0.717, 1.165) is 23.8 Å². The van der Waals surface area contributed by atoms with E-state index in [1.54, 1.807) is 11.3 Å². The van der Waals surface area contributed by atoms with Gasteiger partial charge in [0.05, 0.1) is 9.94 Å². The van der Waals surface area contributed by atoms with Gasteiger partial charge in [-0.25, -0.2) is 0 Å². The molecule has 2 unspecified atom stereocenters. The van der Waals surface area contributed by atoms with E-state index < -0.39 is 0 Å². The van der Waals surface area contributed by atoms with Crippen LogP contribution in [-0.4, -0.2) is 23.7 Å². The van der Waals surface area contributed by atoms with Crippen molar-refractivity contribution in [2.75, 3.05) is 18.1 Å². The Balaban J connectivity index is 1.70. The Morgan fingerprint density at radius 3 is 2.84 bits per heavy atom. The van der Waals surface area contributed by atoms with Crippen LogP contribution in [0.25, 0.3) is 0 Å². The molecule has 1 aromatic heterocycles. The zero-order valence-corrected chi connectivity index (χ0v) is 13.3. The molecule has 0 aromatic carbocycles. The first-order valence-corrected chi connectivity index (χ1v) is 9.26. The molecule has 19 heavy (non-hydrogen) atoms. The SMILES string of the molecule is NC(c1ccc(Cl)s1)C1CCOC2(CCSCC2)C1. The van der Waals surface area contributed by atoms with Crippen LogP contribution in [-0.2, 0) is 4.74 Å². The van der Waals surface area contributed by atoms with E-state index in [9.17, 15) is 0 Å². The molecule has 2 N–H and O–H groups in total. The molecule has 0 bridgehead atoms. The summed E-state index contributed by atoms with van der Waals surface area (Å²) in [7, 11) is 0. The highest BCUT2D eigenvalue weighted by molar-refractivity contribution is 7.99. The molecule has 2 atom stereocenters. The zero-order valence-electron chi connectivity index (χ0n) is 10.9. The summed E-state index contributed by atoms with van der Waals surface area (Å²) in [5, 5.41) is 0. The number of halogens is 1. The van der Waals surface area contributed by atoms with Crippen LogP contribution in [0.5, 0.6) is 0 Å². The summed E-state index contributed by atoms with van der Waals surface area (Å²) in [5.74, 6) is 2.99. The molecule has 2 fully saturated rings. The van der Waals surface area contributed by atoms with Gasteiger partial charge in [0, 0.05) is 17.5 Å². The topological polar surface area (TPSA) is 35.2 Å². The summed E-state index contributed by atoms with van der Waals surface area (Å²) < 4.78 is 6.97. The number of hydrogen-bond acceptors (Lipinski definition) is 4. The Hall–Kier alpha value is 0.260. The zero-order chi connectivity index (χ0) is 13.3. The Morgan fingerprint density at radius 2 is 2.16 bits per heavy atom. The molecule has 1 spiro atoms. The third-order valence-corrected chi connectivity index (χ3v) is 6.68. The monoisotopic (exact) mass is 317 g/mol. The van der Waals surface area contributed by atoms with Gasteiger partial charge in [0.2, 0.25) is 0 Å². The summed E-state index contributed by atoms with van der Waals surface area (Å²) in [5.41, 5.74) is 6.58. The van der Waals surface area contributed by atoms with Gasteiger partial charge in [-0.1, -0.05) is 11.6 Å². The van der Waals surface area contributed by atoms with Gasteiger partial charge in [-0.05, 0) is 55.2 Å². The van der Waals surface area contributed by atoms with Gasteiger partial charge in [0.25, 0.3) is 0 Å². The lowest BCUT2D eigenvalue weighted by molar-refractivity contribution is -0.105. The fourth-order valence-electron chi connectivity index (χ4n) is 3.20. The molecule has 1 aromatic rings. The Morgan fingerprint density at radius 1 is 1.37 bits per heavy atom. The number of hydrogen-bond donors (Lipinski definition) is 1. The lowest BCUT2D eigenvalue weighted by Crippen LogP contribution is -2.45. The number of nitrogens with two attached hydrogens (primary N) is 1. The van der Waals surface area contributed by atoms with Gasteiger partial charge in [-0.2, -0.15) is 11.8 Å². The van der Waals surface area contributed by atoms with Crippen molar-refractivity contribution in [3.63, 3.8) is 0 Å². The molecule has 0 amide bonds. The van der Waals surface area contributed by atoms with Crippen LogP contribution in [0.3, 0.4) is 0 Å². The second-order valence-corrected chi connectivity index (χ2v) is 8.54. The maximum atomic E-state index is 6.46. The van der Waals surface area contributed by atoms with Gasteiger partial charge in [0.15, 0.2) is 0 Å².